The largest absolute Gasteiger partial charge is 0.348 e. The minimum atomic E-state index is -3.76. The van der Waals surface area contributed by atoms with Crippen LogP contribution < -0.4 is 10.5 Å². The summed E-state index contributed by atoms with van der Waals surface area (Å²) in [6.07, 6.45) is 4.63. The first-order valence-electron chi connectivity index (χ1n) is 8.36. The molecule has 1 aliphatic rings. The van der Waals surface area contributed by atoms with Crippen molar-refractivity contribution in [1.29, 1.82) is 0 Å². The van der Waals surface area contributed by atoms with E-state index in [-0.39, 0.29) is 23.9 Å². The van der Waals surface area contributed by atoms with Gasteiger partial charge in [0.15, 0.2) is 0 Å². The highest BCUT2D eigenvalue weighted by Gasteiger charge is 2.26. The van der Waals surface area contributed by atoms with Crippen LogP contribution in [0.1, 0.15) is 27.0 Å². The number of sulfonamides is 2. The molecule has 1 amide bonds. The summed E-state index contributed by atoms with van der Waals surface area (Å²) in [7, 11) is -7.07. The van der Waals surface area contributed by atoms with Crippen LogP contribution in [-0.2, 0) is 39.6 Å². The molecule has 9 nitrogen and oxygen atoms in total. The Balaban J connectivity index is 1.72. The normalized spacial score (nSPS) is 15.1. The van der Waals surface area contributed by atoms with E-state index in [1.165, 1.54) is 22.6 Å². The number of benzene rings is 1. The third kappa shape index (κ3) is 4.55. The van der Waals surface area contributed by atoms with Crippen molar-refractivity contribution in [3.8, 4) is 0 Å². The Morgan fingerprint density at radius 2 is 1.86 bits per heavy atom. The van der Waals surface area contributed by atoms with Gasteiger partial charge in [-0.3, -0.25) is 9.78 Å². The molecule has 0 aliphatic carbocycles. The molecule has 3 rings (SSSR count). The van der Waals surface area contributed by atoms with Gasteiger partial charge in [-0.15, -0.1) is 0 Å². The minimum Gasteiger partial charge on any atom is -0.348 e. The van der Waals surface area contributed by atoms with Crippen molar-refractivity contribution in [2.75, 3.05) is 12.8 Å². The first-order valence-corrected chi connectivity index (χ1v) is 11.8. The van der Waals surface area contributed by atoms with Crippen LogP contribution in [0.4, 0.5) is 0 Å². The number of rotatable bonds is 5. The summed E-state index contributed by atoms with van der Waals surface area (Å²) < 4.78 is 47.4. The molecule has 0 atom stereocenters. The second-order valence-corrected chi connectivity index (χ2v) is 10.1. The van der Waals surface area contributed by atoms with Crippen LogP contribution in [0.15, 0.2) is 41.6 Å². The highest BCUT2D eigenvalue weighted by molar-refractivity contribution is 7.89. The molecule has 0 spiro atoms. The van der Waals surface area contributed by atoms with Gasteiger partial charge < -0.3 is 5.32 Å². The molecule has 1 aromatic heterocycles. The summed E-state index contributed by atoms with van der Waals surface area (Å²) in [6, 6.07) is 5.90. The van der Waals surface area contributed by atoms with Crippen molar-refractivity contribution in [3.63, 3.8) is 0 Å². The number of fused-ring (bicyclic) bond motifs is 1. The van der Waals surface area contributed by atoms with Crippen molar-refractivity contribution in [1.82, 2.24) is 14.6 Å². The average molecular weight is 425 g/mol. The number of nitrogens with one attached hydrogen (secondary N) is 1. The molecule has 0 bridgehead atoms. The van der Waals surface area contributed by atoms with Crippen molar-refractivity contribution in [2.45, 2.75) is 24.4 Å². The van der Waals surface area contributed by atoms with Gasteiger partial charge in [0.1, 0.15) is 0 Å². The SMILES string of the molecule is CS(=O)(=O)N1CCc2c(cncc2C(=O)NCc2ccc(S(N)(=O)=O)cc2)C1. The number of carbonyl (C=O) groups excluding carboxylic acids is 1. The highest BCUT2D eigenvalue weighted by atomic mass is 32.2. The van der Waals surface area contributed by atoms with E-state index in [0.717, 1.165) is 11.8 Å². The van der Waals surface area contributed by atoms with Gasteiger partial charge >= 0.3 is 0 Å². The fourth-order valence-corrected chi connectivity index (χ4v) is 4.33. The molecular formula is C17H20N4O5S2. The molecule has 2 aromatic rings. The van der Waals surface area contributed by atoms with E-state index in [1.807, 2.05) is 0 Å². The molecule has 1 aromatic carbocycles. The summed E-state index contributed by atoms with van der Waals surface area (Å²) >= 11 is 0. The summed E-state index contributed by atoms with van der Waals surface area (Å²) in [4.78, 5) is 16.7. The molecule has 0 saturated carbocycles. The number of hydrogen-bond donors (Lipinski definition) is 2. The highest BCUT2D eigenvalue weighted by Crippen LogP contribution is 2.23. The van der Waals surface area contributed by atoms with E-state index in [1.54, 1.807) is 18.3 Å². The third-order valence-electron chi connectivity index (χ3n) is 4.52. The maximum Gasteiger partial charge on any atom is 0.253 e. The topological polar surface area (TPSA) is 140 Å². The molecule has 2 heterocycles. The zero-order valence-electron chi connectivity index (χ0n) is 15.1. The number of aromatic nitrogens is 1. The molecule has 0 radical (unpaired) electrons. The second-order valence-electron chi connectivity index (χ2n) is 6.54. The van der Waals surface area contributed by atoms with Crippen LogP contribution in [0, 0.1) is 0 Å². The molecule has 28 heavy (non-hydrogen) atoms. The van der Waals surface area contributed by atoms with Gasteiger partial charge in [0.2, 0.25) is 20.0 Å². The Bertz CT molecular complexity index is 1110. The van der Waals surface area contributed by atoms with Gasteiger partial charge in [-0.1, -0.05) is 12.1 Å². The van der Waals surface area contributed by atoms with Crippen LogP contribution >= 0.6 is 0 Å². The van der Waals surface area contributed by atoms with Crippen LogP contribution in [0.5, 0.6) is 0 Å². The van der Waals surface area contributed by atoms with Crippen molar-refractivity contribution < 1.29 is 21.6 Å². The number of pyridine rings is 1. The van der Waals surface area contributed by atoms with Crippen LogP contribution in [0.2, 0.25) is 0 Å². The lowest BCUT2D eigenvalue weighted by Gasteiger charge is -2.27. The lowest BCUT2D eigenvalue weighted by Crippen LogP contribution is -2.36. The Kier molecular flexibility index (Phi) is 5.53. The van der Waals surface area contributed by atoms with E-state index >= 15 is 0 Å². The molecule has 0 saturated heterocycles. The predicted molar refractivity (Wildman–Crippen MR) is 102 cm³/mol. The quantitative estimate of drug-likeness (QED) is 0.691. The number of hydrogen-bond acceptors (Lipinski definition) is 6. The van der Waals surface area contributed by atoms with Crippen molar-refractivity contribution in [3.05, 3.63) is 58.9 Å². The maximum atomic E-state index is 12.6. The van der Waals surface area contributed by atoms with E-state index in [9.17, 15) is 21.6 Å². The summed E-state index contributed by atoms with van der Waals surface area (Å²) in [5.41, 5.74) is 2.62. The van der Waals surface area contributed by atoms with Gasteiger partial charge in [0, 0.05) is 32.0 Å². The van der Waals surface area contributed by atoms with Crippen LogP contribution in [0.25, 0.3) is 0 Å². The van der Waals surface area contributed by atoms with E-state index in [4.69, 9.17) is 5.14 Å². The van der Waals surface area contributed by atoms with E-state index in [0.29, 0.717) is 29.7 Å². The molecule has 0 unspecified atom stereocenters. The number of nitrogens with two attached hydrogens (primary N) is 1. The Morgan fingerprint density at radius 3 is 2.46 bits per heavy atom. The van der Waals surface area contributed by atoms with Crippen LogP contribution in [0.3, 0.4) is 0 Å². The van der Waals surface area contributed by atoms with Gasteiger partial charge in [-0.25, -0.2) is 22.0 Å². The number of amides is 1. The van der Waals surface area contributed by atoms with Crippen molar-refractivity contribution in [2.24, 2.45) is 5.14 Å². The summed E-state index contributed by atoms with van der Waals surface area (Å²) in [5, 5.41) is 7.83. The standard InChI is InChI=1S/C17H20N4O5S2/c1-27(23,24)21-7-6-15-13(11-21)9-19-10-16(15)17(22)20-8-12-2-4-14(5-3-12)28(18,25)26/h2-5,9-10H,6-8,11H2,1H3,(H,20,22)(H2,18,25,26). The summed E-state index contributed by atoms with van der Waals surface area (Å²) in [6.45, 7) is 0.700. The number of nitrogens with zero attached hydrogens (tertiary/aromatic N) is 2. The number of primary sulfonamides is 1. The smallest absolute Gasteiger partial charge is 0.253 e. The van der Waals surface area contributed by atoms with E-state index in [2.05, 4.69) is 10.3 Å². The van der Waals surface area contributed by atoms with Gasteiger partial charge in [-0.05, 0) is 35.2 Å². The fraction of sp³-hybridized carbons (Fsp3) is 0.294. The molecule has 3 N–H and O–H groups in total. The lowest BCUT2D eigenvalue weighted by molar-refractivity contribution is 0.0949. The Hall–Kier alpha value is -2.34. The lowest BCUT2D eigenvalue weighted by atomic mass is 9.98. The monoisotopic (exact) mass is 424 g/mol. The fourth-order valence-electron chi connectivity index (χ4n) is 3.02. The second kappa shape index (κ2) is 7.59. The van der Waals surface area contributed by atoms with Gasteiger partial charge in [-0.2, -0.15) is 4.31 Å². The zero-order chi connectivity index (χ0) is 20.5. The van der Waals surface area contributed by atoms with Crippen LogP contribution in [-0.4, -0.2) is 44.8 Å². The summed E-state index contributed by atoms with van der Waals surface area (Å²) in [5.74, 6) is -0.326. The predicted octanol–water partition coefficient (Wildman–Crippen LogP) is -0.0233. The van der Waals surface area contributed by atoms with Crippen molar-refractivity contribution >= 4 is 26.0 Å². The molecule has 150 valence electrons. The molecular weight excluding hydrogens is 404 g/mol. The van der Waals surface area contributed by atoms with Gasteiger partial charge in [0.05, 0.1) is 16.7 Å². The minimum absolute atomic E-state index is 0.000615. The first-order chi connectivity index (χ1) is 13.1. The van der Waals surface area contributed by atoms with Gasteiger partial charge in [0.25, 0.3) is 5.91 Å². The first kappa shape index (κ1) is 20.4. The number of carbonyl (C=O) groups is 1. The molecule has 1 aliphatic heterocycles. The third-order valence-corrected chi connectivity index (χ3v) is 6.70. The average Bonchev–Trinajstić information content (AvgIpc) is 2.64. The molecule has 0 fully saturated rings. The molecule has 11 heteroatoms. The maximum absolute atomic E-state index is 12.6. The Morgan fingerprint density at radius 1 is 1.18 bits per heavy atom. The van der Waals surface area contributed by atoms with E-state index < -0.39 is 20.0 Å². The zero-order valence-corrected chi connectivity index (χ0v) is 16.8. The Labute approximate surface area is 163 Å².